The van der Waals surface area contributed by atoms with E-state index in [0.717, 1.165) is 23.8 Å². The smallest absolute Gasteiger partial charge is 0.414 e. The Kier molecular flexibility index (Phi) is 9.68. The van der Waals surface area contributed by atoms with Crippen LogP contribution in [0, 0.1) is 17.6 Å². The third-order valence-electron chi connectivity index (χ3n) is 10.4. The number of benzene rings is 1. The Balaban J connectivity index is 1.43. The highest BCUT2D eigenvalue weighted by Crippen LogP contribution is 2.50. The summed E-state index contributed by atoms with van der Waals surface area (Å²) >= 11 is 0. The maximum atomic E-state index is 16.4. The number of hydrogen-bond donors (Lipinski definition) is 2. The zero-order valence-electron chi connectivity index (χ0n) is 33.6. The van der Waals surface area contributed by atoms with Gasteiger partial charge >= 0.3 is 18.2 Å². The lowest BCUT2D eigenvalue weighted by atomic mass is 9.96. The molecule has 7 rings (SSSR count). The van der Waals surface area contributed by atoms with E-state index in [1.165, 1.54) is 13.2 Å². The van der Waals surface area contributed by atoms with E-state index < -0.39 is 52.0 Å². The number of rotatable bonds is 7. The molecule has 1 aliphatic heterocycles. The van der Waals surface area contributed by atoms with Crippen molar-refractivity contribution < 1.29 is 37.4 Å². The summed E-state index contributed by atoms with van der Waals surface area (Å²) in [6.07, 6.45) is 5.38. The number of carbonyl (C=O) groups excluding carboxylic acids is 3. The van der Waals surface area contributed by atoms with Crippen molar-refractivity contribution in [2.45, 2.75) is 84.5 Å². The maximum absolute atomic E-state index is 16.4. The molecule has 5 heterocycles. The molecule has 1 saturated carbocycles. The summed E-state index contributed by atoms with van der Waals surface area (Å²) in [6, 6.07) is 2.54. The number of alkyl carbamates (subject to hydrolysis) is 1. The van der Waals surface area contributed by atoms with E-state index in [0.29, 0.717) is 42.0 Å². The fourth-order valence-corrected chi connectivity index (χ4v) is 7.72. The predicted octanol–water partition coefficient (Wildman–Crippen LogP) is 7.34. The number of nitrogens with zero attached hydrogens (tertiary/aromatic N) is 5. The summed E-state index contributed by atoms with van der Waals surface area (Å²) < 4.78 is 50.0. The van der Waals surface area contributed by atoms with Crippen LogP contribution in [-0.4, -0.2) is 81.2 Å². The Morgan fingerprint density at radius 2 is 1.74 bits per heavy atom. The Labute approximate surface area is 327 Å². The van der Waals surface area contributed by atoms with E-state index in [-0.39, 0.29) is 51.1 Å². The average Bonchev–Trinajstić information content (AvgIpc) is 3.53. The minimum absolute atomic E-state index is 0.0313. The molecule has 1 aromatic carbocycles. The van der Waals surface area contributed by atoms with Gasteiger partial charge in [0, 0.05) is 74.4 Å². The van der Waals surface area contributed by atoms with Crippen molar-refractivity contribution in [2.75, 3.05) is 36.5 Å². The van der Waals surface area contributed by atoms with Crippen molar-refractivity contribution in [3.05, 3.63) is 58.1 Å². The lowest BCUT2D eigenvalue weighted by Gasteiger charge is -2.28. The van der Waals surface area contributed by atoms with Gasteiger partial charge in [0.25, 0.3) is 0 Å². The van der Waals surface area contributed by atoms with E-state index in [1.807, 2.05) is 4.90 Å². The highest BCUT2D eigenvalue weighted by atomic mass is 19.2. The number of hydrogen-bond acceptors (Lipinski definition) is 10. The summed E-state index contributed by atoms with van der Waals surface area (Å²) in [7, 11) is 3.07. The van der Waals surface area contributed by atoms with Crippen molar-refractivity contribution in [2.24, 2.45) is 13.0 Å². The Morgan fingerprint density at radius 1 is 1.04 bits per heavy atom. The monoisotopic (exact) mass is 787 g/mol. The summed E-state index contributed by atoms with van der Waals surface area (Å²) in [6.45, 7) is 13.1. The van der Waals surface area contributed by atoms with Crippen LogP contribution in [0.3, 0.4) is 0 Å². The minimum atomic E-state index is -1.19. The molecule has 14 nitrogen and oxygen atoms in total. The molecule has 16 heteroatoms. The number of aromatic amines is 1. The van der Waals surface area contributed by atoms with Gasteiger partial charge in [0.15, 0.2) is 11.6 Å². The lowest BCUT2D eigenvalue weighted by Crippen LogP contribution is -2.45. The van der Waals surface area contributed by atoms with E-state index in [2.05, 4.69) is 20.3 Å². The first-order valence-electron chi connectivity index (χ1n) is 18.9. The van der Waals surface area contributed by atoms with Crippen LogP contribution in [-0.2, 0) is 21.3 Å². The van der Waals surface area contributed by atoms with Crippen LogP contribution in [0.15, 0.2) is 35.5 Å². The normalized spacial score (nSPS) is 16.6. The van der Waals surface area contributed by atoms with Gasteiger partial charge in [0.05, 0.1) is 39.7 Å². The molecule has 2 fully saturated rings. The molecule has 302 valence electrons. The van der Waals surface area contributed by atoms with Gasteiger partial charge in [-0.3, -0.25) is 9.69 Å². The molecule has 1 saturated heterocycles. The molecule has 1 aliphatic carbocycles. The van der Waals surface area contributed by atoms with Crippen molar-refractivity contribution in [3.63, 3.8) is 0 Å². The molecule has 2 amide bonds. The van der Waals surface area contributed by atoms with E-state index in [9.17, 15) is 19.2 Å². The summed E-state index contributed by atoms with van der Waals surface area (Å²) in [5, 5.41) is 3.37. The molecular formula is C41H47F2N7O7. The fraction of sp³-hybridized carbons (Fsp3) is 0.463. The van der Waals surface area contributed by atoms with E-state index in [1.54, 1.807) is 78.5 Å². The second-order valence-corrected chi connectivity index (χ2v) is 16.9. The average molecular weight is 788 g/mol. The van der Waals surface area contributed by atoms with Crippen LogP contribution in [0.25, 0.3) is 44.1 Å². The maximum Gasteiger partial charge on any atom is 0.414 e. The fourth-order valence-electron chi connectivity index (χ4n) is 7.72. The quantitative estimate of drug-likeness (QED) is 0.126. The number of anilines is 2. The number of pyridine rings is 3. The number of fused-ring (bicyclic) bond motifs is 4. The molecule has 0 radical (unpaired) electrons. The Bertz CT molecular complexity index is 2530. The molecule has 5 aromatic rings. The third-order valence-corrected chi connectivity index (χ3v) is 10.4. The van der Waals surface area contributed by atoms with Crippen LogP contribution < -0.4 is 20.5 Å². The number of carbonyl (C=O) groups is 3. The second kappa shape index (κ2) is 14.0. The van der Waals surface area contributed by atoms with Crippen LogP contribution in [0.1, 0.15) is 78.1 Å². The van der Waals surface area contributed by atoms with Crippen LogP contribution >= 0.6 is 0 Å². The summed E-state index contributed by atoms with van der Waals surface area (Å²) in [5.74, 6) is -3.14. The Morgan fingerprint density at radius 3 is 2.39 bits per heavy atom. The number of amides is 2. The second-order valence-electron chi connectivity index (χ2n) is 16.9. The van der Waals surface area contributed by atoms with Gasteiger partial charge in [-0.25, -0.2) is 33.1 Å². The number of halogens is 2. The van der Waals surface area contributed by atoms with Gasteiger partial charge in [-0.05, 0) is 73.8 Å². The van der Waals surface area contributed by atoms with Crippen molar-refractivity contribution in [1.29, 1.82) is 0 Å². The molecule has 1 atom stereocenters. The van der Waals surface area contributed by atoms with Crippen molar-refractivity contribution in [1.82, 2.24) is 24.8 Å². The van der Waals surface area contributed by atoms with Crippen molar-refractivity contribution >= 4 is 62.5 Å². The van der Waals surface area contributed by atoms with Crippen LogP contribution in [0.5, 0.6) is 0 Å². The van der Waals surface area contributed by atoms with E-state index in [4.69, 9.17) is 14.2 Å². The highest BCUT2D eigenvalue weighted by Gasteiger charge is 2.53. The number of esters is 1. The van der Waals surface area contributed by atoms with Gasteiger partial charge in [-0.1, -0.05) is 0 Å². The third kappa shape index (κ3) is 7.32. The zero-order valence-corrected chi connectivity index (χ0v) is 33.6. The molecule has 0 spiro atoms. The SMILES string of the molecule is CCOC(=O)c1cn(C)c2ncc(-c3cnc4[nH]c5c(N(C)C(=O)OC(C)(C)C)cc(F)c(F)c5c4c3N3CCC(C4(NC(=O)OC(C)(C)C)CC4)C3)cc2c1=O. The Hall–Kier alpha value is -5.80. The molecule has 57 heavy (non-hydrogen) atoms. The van der Waals surface area contributed by atoms with E-state index >= 15 is 8.78 Å². The van der Waals surface area contributed by atoms with Gasteiger partial charge in [0.1, 0.15) is 28.1 Å². The van der Waals surface area contributed by atoms with Gasteiger partial charge in [-0.15, -0.1) is 0 Å². The molecule has 0 bridgehead atoms. The number of nitrogens with one attached hydrogen (secondary N) is 2. The molecule has 4 aromatic heterocycles. The molecular weight excluding hydrogens is 740 g/mol. The number of H-pyrrole nitrogens is 1. The predicted molar refractivity (Wildman–Crippen MR) is 212 cm³/mol. The zero-order chi connectivity index (χ0) is 41.4. The molecule has 2 N–H and O–H groups in total. The topological polar surface area (TPSA) is 161 Å². The number of ether oxygens (including phenoxy) is 3. The molecule has 2 aliphatic rings. The summed E-state index contributed by atoms with van der Waals surface area (Å²) in [5.41, 5.74) is -0.739. The lowest BCUT2D eigenvalue weighted by molar-refractivity contribution is 0.0474. The first kappa shape index (κ1) is 39.4. The first-order chi connectivity index (χ1) is 26.7. The number of aryl methyl sites for hydroxylation is 1. The van der Waals surface area contributed by atoms with Crippen molar-refractivity contribution in [3.8, 4) is 11.1 Å². The minimum Gasteiger partial charge on any atom is -0.462 e. The summed E-state index contributed by atoms with van der Waals surface area (Å²) in [4.78, 5) is 68.3. The standard InChI is InChI=1S/C41H47F2N7O7/c1-10-55-36(52)25-20-48(8)35-23(33(25)51)15-21(17-45-35)24-18-44-34-29(28-30(43)26(42)16-27(31(28)46-34)49(9)38(54)57-40(5,6)7)32(24)50-14-11-22(19-50)41(12-13-41)47-37(53)56-39(2,3)4/h15-18,20,22H,10-14,19H2,1-9H3,(H,44,46)(H,47,53). The largest absolute Gasteiger partial charge is 0.462 e. The molecule has 1 unspecified atom stereocenters. The number of aromatic nitrogens is 4. The van der Waals surface area contributed by atoms with Crippen LogP contribution in [0.2, 0.25) is 0 Å². The van der Waals surface area contributed by atoms with Gasteiger partial charge < -0.3 is 34.0 Å². The van der Waals surface area contributed by atoms with Gasteiger partial charge in [0.2, 0.25) is 5.43 Å². The highest BCUT2D eigenvalue weighted by molar-refractivity contribution is 6.19. The van der Waals surface area contributed by atoms with Gasteiger partial charge in [-0.2, -0.15) is 0 Å². The first-order valence-corrected chi connectivity index (χ1v) is 18.9. The van der Waals surface area contributed by atoms with Crippen LogP contribution in [0.4, 0.5) is 29.7 Å².